The van der Waals surface area contributed by atoms with Gasteiger partial charge < -0.3 is 4.74 Å². The Morgan fingerprint density at radius 2 is 1.67 bits per heavy atom. The zero-order valence-electron chi connectivity index (χ0n) is 11.4. The summed E-state index contributed by atoms with van der Waals surface area (Å²) >= 11 is 0. The molecule has 0 saturated carbocycles. The van der Waals surface area contributed by atoms with Gasteiger partial charge >= 0.3 is 0 Å². The molecule has 3 nitrogen and oxygen atoms in total. The predicted molar refractivity (Wildman–Crippen MR) is 83.4 cm³/mol. The molecule has 4 rings (SSSR count). The fourth-order valence-electron chi connectivity index (χ4n) is 2.56. The zero-order chi connectivity index (χ0) is 14.1. The first kappa shape index (κ1) is 12.1. The molecule has 0 spiro atoms. The molecule has 0 amide bonds. The lowest BCUT2D eigenvalue weighted by Gasteiger charge is -2.11. The molecule has 21 heavy (non-hydrogen) atoms. The van der Waals surface area contributed by atoms with E-state index in [0.29, 0.717) is 12.4 Å². The Bertz CT molecular complexity index is 812. The van der Waals surface area contributed by atoms with Crippen LogP contribution in [0.4, 0.5) is 0 Å². The van der Waals surface area contributed by atoms with Crippen molar-refractivity contribution in [2.45, 2.75) is 6.10 Å². The van der Waals surface area contributed by atoms with Crippen LogP contribution >= 0.6 is 0 Å². The lowest BCUT2D eigenvalue weighted by Crippen LogP contribution is -2.07. The van der Waals surface area contributed by atoms with Crippen LogP contribution in [0.3, 0.4) is 0 Å². The second-order valence-electron chi connectivity index (χ2n) is 5.08. The van der Waals surface area contributed by atoms with Crippen molar-refractivity contribution in [1.82, 2.24) is 4.98 Å². The Hall–Kier alpha value is -2.68. The first-order valence-corrected chi connectivity index (χ1v) is 7.01. The van der Waals surface area contributed by atoms with Crippen LogP contribution < -0.4 is 0 Å². The lowest BCUT2D eigenvalue weighted by atomic mass is 10.1. The number of benzene rings is 2. The summed E-state index contributed by atoms with van der Waals surface area (Å²) < 4.78 is 5.97. The number of aromatic nitrogens is 1. The van der Waals surface area contributed by atoms with Gasteiger partial charge in [0.25, 0.3) is 0 Å². The second kappa shape index (κ2) is 5.02. The van der Waals surface area contributed by atoms with E-state index < -0.39 is 0 Å². The molecule has 1 aliphatic rings. The fourth-order valence-corrected chi connectivity index (χ4v) is 2.56. The molecule has 0 unspecified atom stereocenters. The van der Waals surface area contributed by atoms with Crippen molar-refractivity contribution in [2.75, 3.05) is 6.54 Å². The van der Waals surface area contributed by atoms with E-state index in [1.54, 1.807) is 0 Å². The minimum atomic E-state index is -0.00512. The molecular weight excluding hydrogens is 260 g/mol. The quantitative estimate of drug-likeness (QED) is 0.713. The summed E-state index contributed by atoms with van der Waals surface area (Å²) in [6.07, 6.45) is 1.86. The van der Waals surface area contributed by atoms with Crippen molar-refractivity contribution in [1.29, 1.82) is 0 Å². The van der Waals surface area contributed by atoms with Gasteiger partial charge in [-0.25, -0.2) is 4.99 Å². The third kappa shape index (κ3) is 2.27. The van der Waals surface area contributed by atoms with Gasteiger partial charge in [-0.2, -0.15) is 0 Å². The van der Waals surface area contributed by atoms with Gasteiger partial charge in [0, 0.05) is 11.6 Å². The standard InChI is InChI=1S/C18H14N2O/c1-2-6-13(7-3-1)17-12-20-18(21-17)16-10-14-8-4-5-9-15(14)11-19-16/h1-11,17H,12H2/t17-/m0/s1. The van der Waals surface area contributed by atoms with Gasteiger partial charge in [-0.3, -0.25) is 4.98 Å². The van der Waals surface area contributed by atoms with E-state index >= 15 is 0 Å². The van der Waals surface area contributed by atoms with E-state index in [2.05, 4.69) is 34.2 Å². The van der Waals surface area contributed by atoms with Gasteiger partial charge in [0.15, 0.2) is 0 Å². The summed E-state index contributed by atoms with van der Waals surface area (Å²) in [5.41, 5.74) is 1.95. The minimum absolute atomic E-state index is 0.00512. The molecule has 2 heterocycles. The molecule has 1 aliphatic heterocycles. The number of rotatable bonds is 2. The molecule has 0 fully saturated rings. The van der Waals surface area contributed by atoms with Gasteiger partial charge in [0.2, 0.25) is 5.90 Å². The zero-order valence-corrected chi connectivity index (χ0v) is 11.4. The van der Waals surface area contributed by atoms with E-state index in [1.807, 2.05) is 42.6 Å². The smallest absolute Gasteiger partial charge is 0.236 e. The largest absolute Gasteiger partial charge is 0.466 e. The fraction of sp³-hybridized carbons (Fsp3) is 0.111. The van der Waals surface area contributed by atoms with Gasteiger partial charge in [-0.1, -0.05) is 54.6 Å². The van der Waals surface area contributed by atoms with Crippen LogP contribution in [-0.2, 0) is 4.74 Å². The summed E-state index contributed by atoms with van der Waals surface area (Å²) in [5.74, 6) is 0.634. The summed E-state index contributed by atoms with van der Waals surface area (Å²) in [6.45, 7) is 0.647. The Morgan fingerprint density at radius 3 is 2.52 bits per heavy atom. The Kier molecular flexibility index (Phi) is 2.89. The van der Waals surface area contributed by atoms with Crippen LogP contribution in [0.2, 0.25) is 0 Å². The number of aliphatic imine (C=N–C) groups is 1. The maximum absolute atomic E-state index is 5.97. The van der Waals surface area contributed by atoms with E-state index in [1.165, 1.54) is 0 Å². The van der Waals surface area contributed by atoms with E-state index in [4.69, 9.17) is 4.74 Å². The first-order chi connectivity index (χ1) is 10.4. The van der Waals surface area contributed by atoms with Crippen molar-refractivity contribution in [2.24, 2.45) is 4.99 Å². The number of nitrogens with zero attached hydrogens (tertiary/aromatic N) is 2. The van der Waals surface area contributed by atoms with Crippen molar-refractivity contribution < 1.29 is 4.74 Å². The minimum Gasteiger partial charge on any atom is -0.466 e. The summed E-state index contributed by atoms with van der Waals surface area (Å²) in [5, 5.41) is 2.27. The SMILES string of the molecule is c1ccc([C@@H]2CN=C(c3cc4ccccc4cn3)O2)cc1. The highest BCUT2D eigenvalue weighted by Crippen LogP contribution is 2.25. The molecule has 0 saturated heterocycles. The number of hydrogen-bond donors (Lipinski definition) is 0. The molecule has 102 valence electrons. The molecule has 3 aromatic rings. The molecule has 0 bridgehead atoms. The van der Waals surface area contributed by atoms with Crippen molar-refractivity contribution in [3.8, 4) is 0 Å². The first-order valence-electron chi connectivity index (χ1n) is 7.01. The average Bonchev–Trinajstić information content (AvgIpc) is 3.05. The van der Waals surface area contributed by atoms with Crippen molar-refractivity contribution in [3.05, 3.63) is 78.1 Å². The van der Waals surface area contributed by atoms with Crippen LogP contribution in [0.1, 0.15) is 17.4 Å². The van der Waals surface area contributed by atoms with Crippen LogP contribution in [0.5, 0.6) is 0 Å². The molecule has 1 aromatic heterocycles. The van der Waals surface area contributed by atoms with Gasteiger partial charge in [0.1, 0.15) is 11.8 Å². The van der Waals surface area contributed by atoms with E-state index in [9.17, 15) is 0 Å². The van der Waals surface area contributed by atoms with Crippen LogP contribution in [-0.4, -0.2) is 17.4 Å². The highest BCUT2D eigenvalue weighted by atomic mass is 16.5. The molecule has 1 atom stereocenters. The maximum Gasteiger partial charge on any atom is 0.236 e. The van der Waals surface area contributed by atoms with Crippen LogP contribution in [0.25, 0.3) is 10.8 Å². The van der Waals surface area contributed by atoms with Crippen LogP contribution in [0.15, 0.2) is 71.9 Å². The number of ether oxygens (including phenoxy) is 1. The topological polar surface area (TPSA) is 34.5 Å². The average molecular weight is 274 g/mol. The molecule has 2 aromatic carbocycles. The van der Waals surface area contributed by atoms with Gasteiger partial charge in [-0.05, 0) is 17.0 Å². The van der Waals surface area contributed by atoms with Crippen LogP contribution in [0, 0.1) is 0 Å². The van der Waals surface area contributed by atoms with Crippen molar-refractivity contribution >= 4 is 16.7 Å². The third-order valence-electron chi connectivity index (χ3n) is 3.68. The van der Waals surface area contributed by atoms with E-state index in [0.717, 1.165) is 22.0 Å². The normalized spacial score (nSPS) is 17.5. The monoisotopic (exact) mass is 274 g/mol. The molecule has 0 aliphatic carbocycles. The summed E-state index contributed by atoms with van der Waals surface area (Å²) in [7, 11) is 0. The maximum atomic E-state index is 5.97. The number of hydrogen-bond acceptors (Lipinski definition) is 3. The molecule has 0 N–H and O–H groups in total. The van der Waals surface area contributed by atoms with Crippen molar-refractivity contribution in [3.63, 3.8) is 0 Å². The highest BCUT2D eigenvalue weighted by Gasteiger charge is 2.23. The molecule has 0 radical (unpaired) electrons. The van der Waals surface area contributed by atoms with E-state index in [-0.39, 0.29) is 6.10 Å². The highest BCUT2D eigenvalue weighted by molar-refractivity contribution is 5.97. The Labute approximate surface area is 122 Å². The lowest BCUT2D eigenvalue weighted by molar-refractivity contribution is 0.230. The Balaban J connectivity index is 1.62. The number of fused-ring (bicyclic) bond motifs is 1. The van der Waals surface area contributed by atoms with Gasteiger partial charge in [-0.15, -0.1) is 0 Å². The third-order valence-corrected chi connectivity index (χ3v) is 3.68. The molecule has 3 heteroatoms. The number of pyridine rings is 1. The second-order valence-corrected chi connectivity index (χ2v) is 5.08. The molecular formula is C18H14N2O. The predicted octanol–water partition coefficient (Wildman–Crippen LogP) is 3.75. The summed E-state index contributed by atoms with van der Waals surface area (Å²) in [6, 6.07) is 20.4. The summed E-state index contributed by atoms with van der Waals surface area (Å²) in [4.78, 5) is 8.96. The Morgan fingerprint density at radius 1 is 0.905 bits per heavy atom. The van der Waals surface area contributed by atoms with Gasteiger partial charge in [0.05, 0.1) is 6.54 Å².